The van der Waals surface area contributed by atoms with Gasteiger partial charge in [0.05, 0.1) is 16.9 Å². The van der Waals surface area contributed by atoms with Gasteiger partial charge in [0, 0.05) is 16.9 Å². The van der Waals surface area contributed by atoms with Crippen LogP contribution in [0.25, 0.3) is 0 Å². The molecule has 0 radical (unpaired) electrons. The predicted molar refractivity (Wildman–Crippen MR) is 111 cm³/mol. The quantitative estimate of drug-likeness (QED) is 0.567. The molecule has 1 amide bonds. The minimum atomic E-state index is -3.87. The maximum absolute atomic E-state index is 13.0. The van der Waals surface area contributed by atoms with Gasteiger partial charge in [-0.3, -0.25) is 9.52 Å². The molecular formula is C22H17FN2O5S. The fourth-order valence-electron chi connectivity index (χ4n) is 3.20. The molecule has 1 heterocycles. The van der Waals surface area contributed by atoms with Crippen molar-refractivity contribution in [2.24, 2.45) is 0 Å². The summed E-state index contributed by atoms with van der Waals surface area (Å²) in [5, 5.41) is 2.69. The Labute approximate surface area is 177 Å². The van der Waals surface area contributed by atoms with Crippen molar-refractivity contribution in [2.75, 3.05) is 10.0 Å². The van der Waals surface area contributed by atoms with Crippen LogP contribution in [0.2, 0.25) is 0 Å². The summed E-state index contributed by atoms with van der Waals surface area (Å²) in [6.07, 6.45) is -0.688. The van der Waals surface area contributed by atoms with E-state index in [1.165, 1.54) is 36.4 Å². The Morgan fingerprint density at radius 1 is 0.935 bits per heavy atom. The third kappa shape index (κ3) is 4.56. The molecule has 0 bridgehead atoms. The number of ether oxygens (including phenoxy) is 1. The molecular weight excluding hydrogens is 423 g/mol. The van der Waals surface area contributed by atoms with Gasteiger partial charge in [-0.1, -0.05) is 18.2 Å². The van der Waals surface area contributed by atoms with Crippen LogP contribution in [0.5, 0.6) is 0 Å². The third-order valence-electron chi connectivity index (χ3n) is 4.69. The van der Waals surface area contributed by atoms with Crippen LogP contribution in [-0.4, -0.2) is 20.3 Å². The summed E-state index contributed by atoms with van der Waals surface area (Å²) in [5.41, 5.74) is 1.86. The topological polar surface area (TPSA) is 102 Å². The predicted octanol–water partition coefficient (Wildman–Crippen LogP) is 3.87. The van der Waals surface area contributed by atoms with Crippen molar-refractivity contribution in [1.82, 2.24) is 0 Å². The lowest BCUT2D eigenvalue weighted by Crippen LogP contribution is -2.16. The summed E-state index contributed by atoms with van der Waals surface area (Å²) in [4.78, 5) is 24.2. The zero-order valence-electron chi connectivity index (χ0n) is 16.0. The van der Waals surface area contributed by atoms with Gasteiger partial charge in [-0.25, -0.2) is 17.6 Å². The third-order valence-corrected chi connectivity index (χ3v) is 6.09. The highest BCUT2D eigenvalue weighted by atomic mass is 32.2. The van der Waals surface area contributed by atoms with Crippen LogP contribution >= 0.6 is 0 Å². The van der Waals surface area contributed by atoms with Gasteiger partial charge in [-0.2, -0.15) is 0 Å². The molecule has 0 unspecified atom stereocenters. The second-order valence-corrected chi connectivity index (χ2v) is 8.55. The number of sulfonamides is 1. The largest absolute Gasteiger partial charge is 0.453 e. The SMILES string of the molecule is O=C(C[C@@H]1OC(=O)c2ccccc21)Nc1ccc(NS(=O)(=O)c2ccc(F)cc2)cc1. The minimum absolute atomic E-state index is 0.0400. The number of nitrogens with one attached hydrogen (secondary N) is 2. The van der Waals surface area contributed by atoms with Crippen molar-refractivity contribution >= 4 is 33.3 Å². The first-order chi connectivity index (χ1) is 14.8. The van der Waals surface area contributed by atoms with Crippen LogP contribution in [0.15, 0.2) is 77.7 Å². The highest BCUT2D eigenvalue weighted by molar-refractivity contribution is 7.92. The van der Waals surface area contributed by atoms with Gasteiger partial charge in [-0.15, -0.1) is 0 Å². The van der Waals surface area contributed by atoms with Crippen LogP contribution in [0.3, 0.4) is 0 Å². The van der Waals surface area contributed by atoms with Gasteiger partial charge in [0.15, 0.2) is 0 Å². The number of fused-ring (bicyclic) bond motifs is 1. The smallest absolute Gasteiger partial charge is 0.339 e. The number of benzene rings is 3. The Balaban J connectivity index is 1.38. The van der Waals surface area contributed by atoms with Crippen LogP contribution in [-0.2, 0) is 19.6 Å². The average molecular weight is 440 g/mol. The number of amides is 1. The maximum Gasteiger partial charge on any atom is 0.339 e. The number of carbonyl (C=O) groups is 2. The number of carbonyl (C=O) groups excluding carboxylic acids is 2. The molecule has 31 heavy (non-hydrogen) atoms. The van der Waals surface area contributed by atoms with Crippen molar-refractivity contribution in [3.05, 3.63) is 89.7 Å². The van der Waals surface area contributed by atoms with Crippen LogP contribution < -0.4 is 10.0 Å². The summed E-state index contributed by atoms with van der Waals surface area (Å²) in [5.74, 6) is -1.34. The highest BCUT2D eigenvalue weighted by Crippen LogP contribution is 2.33. The monoisotopic (exact) mass is 440 g/mol. The Morgan fingerprint density at radius 2 is 1.58 bits per heavy atom. The van der Waals surface area contributed by atoms with E-state index < -0.39 is 27.9 Å². The average Bonchev–Trinajstić information content (AvgIpc) is 3.05. The zero-order chi connectivity index (χ0) is 22.0. The van der Waals surface area contributed by atoms with Crippen LogP contribution in [0.4, 0.5) is 15.8 Å². The van der Waals surface area contributed by atoms with E-state index in [-0.39, 0.29) is 22.9 Å². The van der Waals surface area contributed by atoms with E-state index in [1.807, 2.05) is 0 Å². The number of anilines is 2. The summed E-state index contributed by atoms with van der Waals surface area (Å²) in [7, 11) is -3.87. The lowest BCUT2D eigenvalue weighted by Gasteiger charge is -2.12. The van der Waals surface area contributed by atoms with Crippen molar-refractivity contribution in [3.63, 3.8) is 0 Å². The molecule has 9 heteroatoms. The van der Waals surface area contributed by atoms with Crippen molar-refractivity contribution in [1.29, 1.82) is 0 Å². The molecule has 3 aromatic rings. The number of hydrogen-bond acceptors (Lipinski definition) is 5. The molecule has 0 saturated heterocycles. The second-order valence-electron chi connectivity index (χ2n) is 6.87. The molecule has 1 atom stereocenters. The molecule has 2 N–H and O–H groups in total. The molecule has 0 fully saturated rings. The lowest BCUT2D eigenvalue weighted by molar-refractivity contribution is -0.118. The second kappa shape index (κ2) is 8.19. The van der Waals surface area contributed by atoms with Crippen molar-refractivity contribution < 1.29 is 27.1 Å². The van der Waals surface area contributed by atoms with E-state index in [2.05, 4.69) is 10.0 Å². The molecule has 0 spiro atoms. The van der Waals surface area contributed by atoms with E-state index in [0.29, 0.717) is 16.8 Å². The van der Waals surface area contributed by atoms with Gasteiger partial charge < -0.3 is 10.1 Å². The molecule has 0 aliphatic carbocycles. The number of hydrogen-bond donors (Lipinski definition) is 2. The summed E-state index contributed by atoms with van der Waals surface area (Å²) >= 11 is 0. The number of cyclic esters (lactones) is 1. The molecule has 4 rings (SSSR count). The van der Waals surface area contributed by atoms with Crippen molar-refractivity contribution in [3.8, 4) is 0 Å². The lowest BCUT2D eigenvalue weighted by atomic mass is 10.0. The molecule has 1 aliphatic heterocycles. The van der Waals surface area contributed by atoms with Gasteiger partial charge in [0.1, 0.15) is 11.9 Å². The first kappa shape index (κ1) is 20.5. The highest BCUT2D eigenvalue weighted by Gasteiger charge is 2.32. The first-order valence-corrected chi connectivity index (χ1v) is 10.8. The number of rotatable bonds is 6. The number of halogens is 1. The van der Waals surface area contributed by atoms with Gasteiger partial charge in [-0.05, 0) is 54.6 Å². The van der Waals surface area contributed by atoms with Crippen LogP contribution in [0.1, 0.15) is 28.4 Å². The number of esters is 1. The molecule has 1 aliphatic rings. The van der Waals surface area contributed by atoms with Gasteiger partial charge in [0.25, 0.3) is 10.0 Å². The normalized spacial score (nSPS) is 15.1. The van der Waals surface area contributed by atoms with Gasteiger partial charge in [0.2, 0.25) is 5.91 Å². The van der Waals surface area contributed by atoms with Crippen molar-refractivity contribution in [2.45, 2.75) is 17.4 Å². The van der Waals surface area contributed by atoms with Gasteiger partial charge >= 0.3 is 5.97 Å². The fourth-order valence-corrected chi connectivity index (χ4v) is 4.26. The Kier molecular flexibility index (Phi) is 5.43. The minimum Gasteiger partial charge on any atom is -0.453 e. The molecule has 158 valence electrons. The summed E-state index contributed by atoms with van der Waals surface area (Å²) < 4.78 is 45.4. The van der Waals surface area contributed by atoms with E-state index in [9.17, 15) is 22.4 Å². The molecule has 7 nitrogen and oxygen atoms in total. The molecule has 0 aromatic heterocycles. The summed E-state index contributed by atoms with van der Waals surface area (Å²) in [6.45, 7) is 0. The zero-order valence-corrected chi connectivity index (χ0v) is 16.9. The van der Waals surface area contributed by atoms with E-state index >= 15 is 0 Å². The molecule has 3 aromatic carbocycles. The fraction of sp³-hybridized carbons (Fsp3) is 0.0909. The Bertz CT molecular complexity index is 1240. The first-order valence-electron chi connectivity index (χ1n) is 9.30. The standard InChI is InChI=1S/C22H17FN2O5S/c23-14-5-11-17(12-6-14)31(28,29)25-16-9-7-15(8-10-16)24-21(26)13-20-18-3-1-2-4-19(18)22(27)30-20/h1-12,20,25H,13H2,(H,24,26)/t20-/m0/s1. The van der Waals surface area contributed by atoms with E-state index in [0.717, 1.165) is 12.1 Å². The Hall–Kier alpha value is -3.72. The van der Waals surface area contributed by atoms with E-state index in [1.54, 1.807) is 24.3 Å². The Morgan fingerprint density at radius 3 is 2.29 bits per heavy atom. The molecule has 0 saturated carbocycles. The summed E-state index contributed by atoms with van der Waals surface area (Å²) in [6, 6.07) is 17.4. The maximum atomic E-state index is 13.0. The van der Waals surface area contributed by atoms with Crippen LogP contribution in [0, 0.1) is 5.82 Å². The van der Waals surface area contributed by atoms with E-state index in [4.69, 9.17) is 4.74 Å².